The fourth-order valence-electron chi connectivity index (χ4n) is 2.48. The Morgan fingerprint density at radius 3 is 2.47 bits per heavy atom. The van der Waals surface area contributed by atoms with Crippen LogP contribution in [0.2, 0.25) is 5.02 Å². The second-order valence-electron chi connectivity index (χ2n) is 5.21. The molecule has 1 amide bonds. The molecular formula is C15H20ClNO2. The summed E-state index contributed by atoms with van der Waals surface area (Å²) in [6.07, 6.45) is 4.60. The van der Waals surface area contributed by atoms with Crippen molar-refractivity contribution in [3.8, 4) is 5.75 Å². The standard InChI is InChI=1S/C15H20ClNO2/c1-10-7-13(8-11(2)15(10)16)19-9-14(18)17-12-5-3-4-6-12/h7-8,12H,3-6,9H2,1-2H3,(H,17,18). The van der Waals surface area contributed by atoms with E-state index in [0.29, 0.717) is 11.8 Å². The Kier molecular flexibility index (Phi) is 4.70. The quantitative estimate of drug-likeness (QED) is 0.919. The van der Waals surface area contributed by atoms with Crippen LogP contribution >= 0.6 is 11.6 Å². The van der Waals surface area contributed by atoms with Gasteiger partial charge in [-0.05, 0) is 49.9 Å². The van der Waals surface area contributed by atoms with Crippen molar-refractivity contribution in [2.24, 2.45) is 0 Å². The normalized spacial score (nSPS) is 15.5. The van der Waals surface area contributed by atoms with Gasteiger partial charge in [-0.1, -0.05) is 24.4 Å². The number of aryl methyl sites for hydroxylation is 2. The van der Waals surface area contributed by atoms with Crippen LogP contribution < -0.4 is 10.1 Å². The molecule has 0 unspecified atom stereocenters. The Morgan fingerprint density at radius 1 is 1.32 bits per heavy atom. The second kappa shape index (κ2) is 6.29. The minimum Gasteiger partial charge on any atom is -0.484 e. The lowest BCUT2D eigenvalue weighted by atomic mass is 10.1. The molecule has 0 aliphatic heterocycles. The fourth-order valence-corrected chi connectivity index (χ4v) is 2.59. The first kappa shape index (κ1) is 14.2. The number of rotatable bonds is 4. The van der Waals surface area contributed by atoms with E-state index in [1.54, 1.807) is 0 Å². The maximum atomic E-state index is 11.7. The highest BCUT2D eigenvalue weighted by Gasteiger charge is 2.17. The van der Waals surface area contributed by atoms with Crippen molar-refractivity contribution in [2.75, 3.05) is 6.61 Å². The molecular weight excluding hydrogens is 262 g/mol. The van der Waals surface area contributed by atoms with Gasteiger partial charge in [-0.15, -0.1) is 0 Å². The highest BCUT2D eigenvalue weighted by atomic mass is 35.5. The number of benzene rings is 1. The van der Waals surface area contributed by atoms with Crippen molar-refractivity contribution in [3.05, 3.63) is 28.3 Å². The van der Waals surface area contributed by atoms with Crippen LogP contribution in [0.4, 0.5) is 0 Å². The van der Waals surface area contributed by atoms with Gasteiger partial charge >= 0.3 is 0 Å². The van der Waals surface area contributed by atoms with Gasteiger partial charge in [0.2, 0.25) is 0 Å². The zero-order chi connectivity index (χ0) is 13.8. The van der Waals surface area contributed by atoms with Gasteiger partial charge in [-0.3, -0.25) is 4.79 Å². The number of halogens is 1. The molecule has 0 bridgehead atoms. The molecule has 0 spiro atoms. The molecule has 0 atom stereocenters. The summed E-state index contributed by atoms with van der Waals surface area (Å²) in [5.41, 5.74) is 1.93. The van der Waals surface area contributed by atoms with Crippen LogP contribution in [0.3, 0.4) is 0 Å². The van der Waals surface area contributed by atoms with Crippen LogP contribution in [0.1, 0.15) is 36.8 Å². The zero-order valence-electron chi connectivity index (χ0n) is 11.5. The molecule has 1 aliphatic rings. The first-order chi connectivity index (χ1) is 9.06. The molecule has 1 fully saturated rings. The van der Waals surface area contributed by atoms with E-state index in [1.807, 2.05) is 26.0 Å². The number of hydrogen-bond acceptors (Lipinski definition) is 2. The van der Waals surface area contributed by atoms with E-state index in [9.17, 15) is 4.79 Å². The smallest absolute Gasteiger partial charge is 0.258 e. The Labute approximate surface area is 119 Å². The molecule has 1 aromatic carbocycles. The van der Waals surface area contributed by atoms with Crippen molar-refractivity contribution in [1.82, 2.24) is 5.32 Å². The van der Waals surface area contributed by atoms with Crippen LogP contribution in [0.5, 0.6) is 5.75 Å². The Hall–Kier alpha value is -1.22. The van der Waals surface area contributed by atoms with E-state index < -0.39 is 0 Å². The van der Waals surface area contributed by atoms with Gasteiger partial charge in [-0.25, -0.2) is 0 Å². The molecule has 0 aromatic heterocycles. The second-order valence-corrected chi connectivity index (χ2v) is 5.59. The largest absolute Gasteiger partial charge is 0.484 e. The summed E-state index contributed by atoms with van der Waals surface area (Å²) in [5.74, 6) is 0.651. The average Bonchev–Trinajstić information content (AvgIpc) is 2.86. The SMILES string of the molecule is Cc1cc(OCC(=O)NC2CCCC2)cc(C)c1Cl. The first-order valence-corrected chi connectivity index (χ1v) is 7.13. The third-order valence-corrected chi connectivity index (χ3v) is 4.10. The predicted octanol–water partition coefficient (Wildman–Crippen LogP) is 3.39. The number of nitrogens with one attached hydrogen (secondary N) is 1. The Bertz CT molecular complexity index is 444. The van der Waals surface area contributed by atoms with Gasteiger partial charge in [0.25, 0.3) is 5.91 Å². The minimum atomic E-state index is -0.0443. The number of carbonyl (C=O) groups excluding carboxylic acids is 1. The van der Waals surface area contributed by atoms with E-state index in [0.717, 1.165) is 29.0 Å². The topological polar surface area (TPSA) is 38.3 Å². The maximum absolute atomic E-state index is 11.7. The van der Waals surface area contributed by atoms with Crippen LogP contribution in [0, 0.1) is 13.8 Å². The molecule has 1 aliphatic carbocycles. The minimum absolute atomic E-state index is 0.0443. The summed E-state index contributed by atoms with van der Waals surface area (Å²) < 4.78 is 5.52. The van der Waals surface area contributed by atoms with Crippen molar-refractivity contribution >= 4 is 17.5 Å². The molecule has 1 saturated carbocycles. The molecule has 19 heavy (non-hydrogen) atoms. The molecule has 3 nitrogen and oxygen atoms in total. The number of amides is 1. The van der Waals surface area contributed by atoms with Gasteiger partial charge in [0.05, 0.1) is 0 Å². The monoisotopic (exact) mass is 281 g/mol. The predicted molar refractivity (Wildman–Crippen MR) is 76.8 cm³/mol. The highest BCUT2D eigenvalue weighted by molar-refractivity contribution is 6.32. The lowest BCUT2D eigenvalue weighted by Crippen LogP contribution is -2.36. The summed E-state index contributed by atoms with van der Waals surface area (Å²) in [5, 5.41) is 3.75. The van der Waals surface area contributed by atoms with Gasteiger partial charge in [0, 0.05) is 11.1 Å². The van der Waals surface area contributed by atoms with Gasteiger partial charge in [-0.2, -0.15) is 0 Å². The fraction of sp³-hybridized carbons (Fsp3) is 0.533. The van der Waals surface area contributed by atoms with E-state index in [1.165, 1.54) is 12.8 Å². The summed E-state index contributed by atoms with van der Waals surface area (Å²) in [4.78, 5) is 11.7. The molecule has 1 aromatic rings. The average molecular weight is 282 g/mol. The number of hydrogen-bond donors (Lipinski definition) is 1. The number of ether oxygens (including phenoxy) is 1. The van der Waals surface area contributed by atoms with E-state index >= 15 is 0 Å². The lowest BCUT2D eigenvalue weighted by molar-refractivity contribution is -0.123. The Morgan fingerprint density at radius 2 is 1.89 bits per heavy atom. The summed E-state index contributed by atoms with van der Waals surface area (Å²) >= 11 is 6.09. The van der Waals surface area contributed by atoms with Gasteiger partial charge in [0.1, 0.15) is 5.75 Å². The summed E-state index contributed by atoms with van der Waals surface area (Å²) in [6.45, 7) is 3.93. The van der Waals surface area contributed by atoms with Gasteiger partial charge < -0.3 is 10.1 Å². The van der Waals surface area contributed by atoms with E-state index in [2.05, 4.69) is 5.32 Å². The highest BCUT2D eigenvalue weighted by Crippen LogP contribution is 2.25. The Balaban J connectivity index is 1.86. The lowest BCUT2D eigenvalue weighted by Gasteiger charge is -2.13. The van der Waals surface area contributed by atoms with Crippen molar-refractivity contribution in [1.29, 1.82) is 0 Å². The molecule has 0 saturated heterocycles. The summed E-state index contributed by atoms with van der Waals surface area (Å²) in [6, 6.07) is 4.06. The molecule has 4 heteroatoms. The molecule has 1 N–H and O–H groups in total. The van der Waals surface area contributed by atoms with Gasteiger partial charge in [0.15, 0.2) is 6.61 Å². The molecule has 2 rings (SSSR count). The number of carbonyl (C=O) groups is 1. The van der Waals surface area contributed by atoms with Crippen LogP contribution in [0.25, 0.3) is 0 Å². The van der Waals surface area contributed by atoms with Crippen LogP contribution in [-0.4, -0.2) is 18.6 Å². The van der Waals surface area contributed by atoms with Crippen LogP contribution in [-0.2, 0) is 4.79 Å². The molecule has 0 heterocycles. The van der Waals surface area contributed by atoms with E-state index in [-0.39, 0.29) is 12.5 Å². The molecule has 104 valence electrons. The zero-order valence-corrected chi connectivity index (χ0v) is 12.2. The van der Waals surface area contributed by atoms with Crippen molar-refractivity contribution < 1.29 is 9.53 Å². The van der Waals surface area contributed by atoms with Crippen LogP contribution in [0.15, 0.2) is 12.1 Å². The third-order valence-electron chi connectivity index (χ3n) is 3.50. The summed E-state index contributed by atoms with van der Waals surface area (Å²) in [7, 11) is 0. The molecule has 0 radical (unpaired) electrons. The van der Waals surface area contributed by atoms with Crippen molar-refractivity contribution in [3.63, 3.8) is 0 Å². The first-order valence-electron chi connectivity index (χ1n) is 6.75. The van der Waals surface area contributed by atoms with E-state index in [4.69, 9.17) is 16.3 Å². The van der Waals surface area contributed by atoms with Crippen molar-refractivity contribution in [2.45, 2.75) is 45.6 Å². The maximum Gasteiger partial charge on any atom is 0.258 e. The third kappa shape index (κ3) is 3.87.